The minimum Gasteiger partial charge on any atom is -0.378 e. The number of nitrogens with one attached hydrogen (secondary N) is 2. The first-order valence-corrected chi connectivity index (χ1v) is 6.59. The molecule has 3 nitrogen and oxygen atoms in total. The van der Waals surface area contributed by atoms with Crippen LogP contribution >= 0.6 is 0 Å². The van der Waals surface area contributed by atoms with E-state index in [9.17, 15) is 0 Å². The Morgan fingerprint density at radius 2 is 1.32 bits per heavy atom. The van der Waals surface area contributed by atoms with Crippen molar-refractivity contribution in [3.05, 3.63) is 60.7 Å². The molecular formula is C16H20N2O. The number of ether oxygens (including phenoxy) is 1. The van der Waals surface area contributed by atoms with E-state index in [2.05, 4.69) is 10.6 Å². The highest BCUT2D eigenvalue weighted by atomic mass is 16.5. The molecular weight excluding hydrogens is 236 g/mol. The third-order valence-corrected chi connectivity index (χ3v) is 2.72. The van der Waals surface area contributed by atoms with E-state index in [0.717, 1.165) is 11.4 Å². The molecule has 3 heteroatoms. The highest BCUT2D eigenvalue weighted by Gasteiger charge is 2.07. The van der Waals surface area contributed by atoms with Gasteiger partial charge in [-0.15, -0.1) is 0 Å². The second-order valence-electron chi connectivity index (χ2n) is 4.23. The Balaban J connectivity index is 1.99. The van der Waals surface area contributed by atoms with Crippen molar-refractivity contribution >= 4 is 11.4 Å². The predicted octanol–water partition coefficient (Wildman–Crippen LogP) is 3.57. The number of benzene rings is 2. The summed E-state index contributed by atoms with van der Waals surface area (Å²) in [5.41, 5.74) is 2.16. The van der Waals surface area contributed by atoms with Crippen molar-refractivity contribution in [2.24, 2.45) is 0 Å². The lowest BCUT2D eigenvalue weighted by atomic mass is 10.3. The van der Waals surface area contributed by atoms with E-state index >= 15 is 0 Å². The summed E-state index contributed by atoms with van der Waals surface area (Å²) in [5, 5.41) is 6.85. The van der Waals surface area contributed by atoms with Gasteiger partial charge < -0.3 is 15.4 Å². The summed E-state index contributed by atoms with van der Waals surface area (Å²) in [5.74, 6) is 0. The van der Waals surface area contributed by atoms with Crippen molar-refractivity contribution in [1.29, 1.82) is 0 Å². The van der Waals surface area contributed by atoms with Crippen molar-refractivity contribution in [1.82, 2.24) is 0 Å². The van der Waals surface area contributed by atoms with E-state index in [1.54, 1.807) is 0 Å². The molecule has 0 unspecified atom stereocenters. The maximum absolute atomic E-state index is 5.52. The molecule has 2 aromatic rings. The molecule has 0 aromatic heterocycles. The highest BCUT2D eigenvalue weighted by molar-refractivity contribution is 5.49. The van der Waals surface area contributed by atoms with Gasteiger partial charge >= 0.3 is 0 Å². The van der Waals surface area contributed by atoms with E-state index in [1.165, 1.54) is 0 Å². The third-order valence-electron chi connectivity index (χ3n) is 2.72. The van der Waals surface area contributed by atoms with Crippen LogP contribution in [0, 0.1) is 0 Å². The molecule has 0 bridgehead atoms. The van der Waals surface area contributed by atoms with Gasteiger partial charge in [0, 0.05) is 18.0 Å². The first-order chi connectivity index (χ1) is 9.38. The van der Waals surface area contributed by atoms with Gasteiger partial charge in [-0.3, -0.25) is 0 Å². The summed E-state index contributed by atoms with van der Waals surface area (Å²) in [6, 6.07) is 20.3. The van der Waals surface area contributed by atoms with Gasteiger partial charge in [0.25, 0.3) is 0 Å². The van der Waals surface area contributed by atoms with Gasteiger partial charge in [-0.1, -0.05) is 36.4 Å². The first-order valence-electron chi connectivity index (χ1n) is 6.59. The fourth-order valence-corrected chi connectivity index (χ4v) is 1.83. The van der Waals surface area contributed by atoms with Crippen molar-refractivity contribution < 1.29 is 4.74 Å². The van der Waals surface area contributed by atoms with Crippen molar-refractivity contribution in [2.45, 2.75) is 13.1 Å². The van der Waals surface area contributed by atoms with E-state index in [0.29, 0.717) is 13.2 Å². The summed E-state index contributed by atoms with van der Waals surface area (Å²) in [7, 11) is 0. The van der Waals surface area contributed by atoms with Crippen LogP contribution in [0.4, 0.5) is 11.4 Å². The van der Waals surface area contributed by atoms with Gasteiger partial charge in [0.2, 0.25) is 0 Å². The van der Waals surface area contributed by atoms with Crippen molar-refractivity contribution in [3.63, 3.8) is 0 Å². The van der Waals surface area contributed by atoms with Crippen LogP contribution in [-0.4, -0.2) is 19.4 Å². The molecule has 0 aliphatic heterocycles. The van der Waals surface area contributed by atoms with Crippen LogP contribution in [0.15, 0.2) is 60.7 Å². The minimum absolute atomic E-state index is 0.0461. The molecule has 0 spiro atoms. The zero-order valence-corrected chi connectivity index (χ0v) is 11.2. The van der Waals surface area contributed by atoms with Crippen molar-refractivity contribution in [3.8, 4) is 0 Å². The molecule has 0 saturated carbocycles. The standard InChI is InChI=1S/C16H20N2O/c1-2-19-13-16(17-14-9-5-3-6-10-14)18-15-11-7-4-8-12-15/h3-12,16-18H,2,13H2,1H3. The summed E-state index contributed by atoms with van der Waals surface area (Å²) in [6.07, 6.45) is 0.0461. The molecule has 0 fully saturated rings. The molecule has 19 heavy (non-hydrogen) atoms. The Morgan fingerprint density at radius 3 is 1.74 bits per heavy atom. The van der Waals surface area contributed by atoms with Crippen LogP contribution in [0.2, 0.25) is 0 Å². The van der Waals surface area contributed by atoms with Gasteiger partial charge in [0.05, 0.1) is 6.61 Å². The molecule has 2 rings (SSSR count). The zero-order valence-electron chi connectivity index (χ0n) is 11.2. The molecule has 100 valence electrons. The molecule has 2 aromatic carbocycles. The number of anilines is 2. The van der Waals surface area contributed by atoms with Crippen LogP contribution in [-0.2, 0) is 4.74 Å². The molecule has 0 radical (unpaired) electrons. The Hall–Kier alpha value is -2.00. The Kier molecular flexibility index (Phi) is 5.26. The number of hydrogen-bond acceptors (Lipinski definition) is 3. The fourth-order valence-electron chi connectivity index (χ4n) is 1.83. The summed E-state index contributed by atoms with van der Waals surface area (Å²) in [6.45, 7) is 3.33. The minimum atomic E-state index is 0.0461. The quantitative estimate of drug-likeness (QED) is 0.743. The van der Waals surface area contributed by atoms with Crippen LogP contribution in [0.1, 0.15) is 6.92 Å². The average Bonchev–Trinajstić information content (AvgIpc) is 2.47. The maximum Gasteiger partial charge on any atom is 0.121 e. The first kappa shape index (κ1) is 13.4. The topological polar surface area (TPSA) is 33.3 Å². The predicted molar refractivity (Wildman–Crippen MR) is 80.4 cm³/mol. The maximum atomic E-state index is 5.52. The van der Waals surface area contributed by atoms with Crippen molar-refractivity contribution in [2.75, 3.05) is 23.8 Å². The SMILES string of the molecule is CCOCC(Nc1ccccc1)Nc1ccccc1. The zero-order chi connectivity index (χ0) is 13.3. The summed E-state index contributed by atoms with van der Waals surface area (Å²) >= 11 is 0. The van der Waals surface area contributed by atoms with Crippen LogP contribution in [0.3, 0.4) is 0 Å². The molecule has 2 N–H and O–H groups in total. The summed E-state index contributed by atoms with van der Waals surface area (Å²) in [4.78, 5) is 0. The van der Waals surface area contributed by atoms with Crippen LogP contribution < -0.4 is 10.6 Å². The monoisotopic (exact) mass is 256 g/mol. The lowest BCUT2D eigenvalue weighted by Crippen LogP contribution is -2.33. The molecule has 0 heterocycles. The van der Waals surface area contributed by atoms with E-state index in [4.69, 9.17) is 4.74 Å². The Labute approximate surface area is 114 Å². The fraction of sp³-hybridized carbons (Fsp3) is 0.250. The average molecular weight is 256 g/mol. The van der Waals surface area contributed by atoms with E-state index in [-0.39, 0.29) is 6.17 Å². The third kappa shape index (κ3) is 4.64. The van der Waals surface area contributed by atoms with Gasteiger partial charge in [-0.2, -0.15) is 0 Å². The molecule has 0 saturated heterocycles. The molecule has 0 amide bonds. The largest absolute Gasteiger partial charge is 0.378 e. The normalized spacial score (nSPS) is 10.4. The van der Waals surface area contributed by atoms with E-state index < -0.39 is 0 Å². The van der Waals surface area contributed by atoms with Gasteiger partial charge in [0.1, 0.15) is 6.17 Å². The Bertz CT molecular complexity index is 417. The lowest BCUT2D eigenvalue weighted by Gasteiger charge is -2.22. The molecule has 0 atom stereocenters. The smallest absolute Gasteiger partial charge is 0.121 e. The second kappa shape index (κ2) is 7.44. The highest BCUT2D eigenvalue weighted by Crippen LogP contribution is 2.11. The molecule has 0 aliphatic carbocycles. The number of hydrogen-bond donors (Lipinski definition) is 2. The molecule has 0 aliphatic rings. The van der Waals surface area contributed by atoms with Gasteiger partial charge in [-0.25, -0.2) is 0 Å². The lowest BCUT2D eigenvalue weighted by molar-refractivity contribution is 0.143. The van der Waals surface area contributed by atoms with Crippen LogP contribution in [0.5, 0.6) is 0 Å². The van der Waals surface area contributed by atoms with Crippen LogP contribution in [0.25, 0.3) is 0 Å². The number of rotatable bonds is 7. The number of para-hydroxylation sites is 2. The summed E-state index contributed by atoms with van der Waals surface area (Å²) < 4.78 is 5.52. The Morgan fingerprint density at radius 1 is 0.842 bits per heavy atom. The second-order valence-corrected chi connectivity index (χ2v) is 4.23. The van der Waals surface area contributed by atoms with Gasteiger partial charge in [-0.05, 0) is 31.2 Å². The van der Waals surface area contributed by atoms with Gasteiger partial charge in [0.15, 0.2) is 0 Å². The van der Waals surface area contributed by atoms with E-state index in [1.807, 2.05) is 67.6 Å².